The van der Waals surface area contributed by atoms with E-state index >= 15 is 0 Å². The second-order valence-corrected chi connectivity index (χ2v) is 10.5. The molecule has 0 saturated heterocycles. The highest BCUT2D eigenvalue weighted by Crippen LogP contribution is 2.26. The third-order valence-electron chi connectivity index (χ3n) is 6.98. The maximum absolute atomic E-state index is 13.3. The van der Waals surface area contributed by atoms with Crippen LogP contribution in [0.25, 0.3) is 0 Å². The number of aliphatic carboxylic acids is 2. The van der Waals surface area contributed by atoms with Gasteiger partial charge in [0, 0.05) is 42.6 Å². The Balaban J connectivity index is 1.56. The standard InChI is InChI=1S/C31H33N3O8S/c32-24(27(36)15-22(16-29(38)39)30(40)33-25(18-43)31(41)42)13-11-23(35)12-14-28(37)34-17-21-7-2-1-5-19(21)9-10-20-6-3-4-8-26(20)34/h1-8,22,24-25,43H,11-18,32H2,(H,33,40)(H,38,39)(H,41,42)/t22-,24-,25-/m0/s1. The SMILES string of the molecule is N[C@@H](CCC(=O)CCC(=O)N1Cc2ccccc2C#Cc2ccccc21)C(=O)C[C@@H](CC(=O)O)C(=O)N[C@@H](CS)C(=O)O. The van der Waals surface area contributed by atoms with Gasteiger partial charge in [0.05, 0.1) is 30.6 Å². The van der Waals surface area contributed by atoms with Crippen LogP contribution in [0, 0.1) is 17.8 Å². The van der Waals surface area contributed by atoms with Gasteiger partial charge in [-0.2, -0.15) is 12.6 Å². The predicted molar refractivity (Wildman–Crippen MR) is 160 cm³/mol. The average Bonchev–Trinajstić information content (AvgIpc) is 2.97. The first-order valence-corrected chi connectivity index (χ1v) is 14.3. The molecule has 0 radical (unpaired) electrons. The lowest BCUT2D eigenvalue weighted by atomic mass is 9.92. The summed E-state index contributed by atoms with van der Waals surface area (Å²) in [6, 6.07) is 12.3. The number of anilines is 1. The Kier molecular flexibility index (Phi) is 12.0. The van der Waals surface area contributed by atoms with Crippen LogP contribution >= 0.6 is 12.6 Å². The molecule has 0 saturated carbocycles. The van der Waals surface area contributed by atoms with E-state index in [1.807, 2.05) is 42.5 Å². The van der Waals surface area contributed by atoms with Gasteiger partial charge in [-0.3, -0.25) is 24.0 Å². The zero-order valence-corrected chi connectivity index (χ0v) is 24.2. The summed E-state index contributed by atoms with van der Waals surface area (Å²) in [5.41, 5.74) is 8.99. The van der Waals surface area contributed by atoms with Gasteiger partial charge in [0.15, 0.2) is 0 Å². The van der Waals surface area contributed by atoms with E-state index in [0.717, 1.165) is 11.1 Å². The van der Waals surface area contributed by atoms with E-state index in [1.165, 1.54) is 0 Å². The number of amides is 2. The molecule has 0 spiro atoms. The Morgan fingerprint density at radius 2 is 1.56 bits per heavy atom. The van der Waals surface area contributed by atoms with Crippen molar-refractivity contribution in [1.29, 1.82) is 0 Å². The first-order chi connectivity index (χ1) is 20.5. The van der Waals surface area contributed by atoms with Crippen molar-refractivity contribution in [2.45, 2.75) is 57.2 Å². The van der Waals surface area contributed by atoms with Crippen LogP contribution in [-0.4, -0.2) is 63.4 Å². The number of Topliss-reactive ketones (excluding diaryl/α,β-unsaturated/α-hetero) is 2. The number of para-hydroxylation sites is 1. The summed E-state index contributed by atoms with van der Waals surface area (Å²) in [4.78, 5) is 75.2. The molecule has 12 heteroatoms. The molecule has 0 aromatic heterocycles. The third kappa shape index (κ3) is 9.52. The molecule has 11 nitrogen and oxygen atoms in total. The lowest BCUT2D eigenvalue weighted by molar-refractivity contribution is -0.144. The van der Waals surface area contributed by atoms with E-state index in [9.17, 15) is 28.8 Å². The van der Waals surface area contributed by atoms with E-state index < -0.39 is 54.5 Å². The number of carboxylic acid groups (broad SMARTS) is 2. The molecule has 2 aromatic carbocycles. The molecule has 1 aliphatic rings. The first-order valence-electron chi connectivity index (χ1n) is 13.6. The quantitative estimate of drug-likeness (QED) is 0.149. The molecule has 0 fully saturated rings. The number of ketones is 2. The molecule has 2 aromatic rings. The van der Waals surface area contributed by atoms with Crippen molar-refractivity contribution in [3.05, 3.63) is 65.2 Å². The molecule has 0 bridgehead atoms. The van der Waals surface area contributed by atoms with Crippen LogP contribution in [-0.2, 0) is 35.3 Å². The number of carbonyl (C=O) groups is 6. The van der Waals surface area contributed by atoms with Crippen LogP contribution < -0.4 is 16.0 Å². The largest absolute Gasteiger partial charge is 0.481 e. The molecular formula is C31H33N3O8S. The number of nitrogens with two attached hydrogens (primary N) is 1. The normalized spacial score (nSPS) is 13.9. The average molecular weight is 608 g/mol. The number of thiol groups is 1. The topological polar surface area (TPSA) is 184 Å². The maximum Gasteiger partial charge on any atom is 0.327 e. The molecule has 1 aliphatic heterocycles. The molecule has 3 rings (SSSR count). The lowest BCUT2D eigenvalue weighted by Crippen LogP contribution is -2.46. The number of hydrogen-bond acceptors (Lipinski definition) is 8. The first kappa shape index (κ1) is 33.0. The van der Waals surface area contributed by atoms with Crippen LogP contribution in [0.1, 0.15) is 55.2 Å². The molecule has 3 atom stereocenters. The summed E-state index contributed by atoms with van der Waals surface area (Å²) >= 11 is 3.85. The van der Waals surface area contributed by atoms with Gasteiger partial charge in [0.2, 0.25) is 11.8 Å². The molecule has 0 aliphatic carbocycles. The van der Waals surface area contributed by atoms with Gasteiger partial charge < -0.3 is 26.2 Å². The van der Waals surface area contributed by atoms with Gasteiger partial charge in [0.25, 0.3) is 0 Å². The Labute approximate surface area is 254 Å². The van der Waals surface area contributed by atoms with E-state index in [4.69, 9.17) is 15.9 Å². The minimum Gasteiger partial charge on any atom is -0.481 e. The van der Waals surface area contributed by atoms with E-state index in [2.05, 4.69) is 29.8 Å². The van der Waals surface area contributed by atoms with Crippen molar-refractivity contribution in [2.75, 3.05) is 10.7 Å². The highest BCUT2D eigenvalue weighted by molar-refractivity contribution is 7.80. The summed E-state index contributed by atoms with van der Waals surface area (Å²) in [7, 11) is 0. The van der Waals surface area contributed by atoms with Crippen LogP contribution in [0.4, 0.5) is 5.69 Å². The van der Waals surface area contributed by atoms with Crippen molar-refractivity contribution in [1.82, 2.24) is 5.32 Å². The van der Waals surface area contributed by atoms with Gasteiger partial charge in [-0.15, -0.1) is 0 Å². The fourth-order valence-electron chi connectivity index (χ4n) is 4.53. The molecule has 0 unspecified atom stereocenters. The number of fused-ring (bicyclic) bond motifs is 2. The zero-order chi connectivity index (χ0) is 31.5. The summed E-state index contributed by atoms with van der Waals surface area (Å²) in [5.74, 6) is -0.114. The summed E-state index contributed by atoms with van der Waals surface area (Å²) in [5, 5.41) is 20.4. The Bertz CT molecular complexity index is 1460. The molecular weight excluding hydrogens is 574 g/mol. The predicted octanol–water partition coefficient (Wildman–Crippen LogP) is 1.94. The second-order valence-electron chi connectivity index (χ2n) is 10.1. The summed E-state index contributed by atoms with van der Waals surface area (Å²) in [6.45, 7) is 0.292. The molecule has 5 N–H and O–H groups in total. The number of rotatable bonds is 15. The van der Waals surface area contributed by atoms with Gasteiger partial charge in [0.1, 0.15) is 17.6 Å². The van der Waals surface area contributed by atoms with E-state index in [1.54, 1.807) is 11.0 Å². The minimum absolute atomic E-state index is 0.0584. The van der Waals surface area contributed by atoms with Gasteiger partial charge in [-0.1, -0.05) is 42.2 Å². The zero-order valence-electron chi connectivity index (χ0n) is 23.3. The molecule has 2 amide bonds. The maximum atomic E-state index is 13.3. The van der Waals surface area contributed by atoms with E-state index in [-0.39, 0.29) is 43.1 Å². The van der Waals surface area contributed by atoms with Crippen LogP contribution in [0.5, 0.6) is 0 Å². The van der Waals surface area contributed by atoms with Gasteiger partial charge >= 0.3 is 11.9 Å². The summed E-state index contributed by atoms with van der Waals surface area (Å²) in [6.07, 6.45) is -1.54. The van der Waals surface area contributed by atoms with Gasteiger partial charge in [-0.05, 0) is 30.2 Å². The molecule has 1 heterocycles. The van der Waals surface area contributed by atoms with Crippen molar-refractivity contribution in [2.24, 2.45) is 11.7 Å². The van der Waals surface area contributed by atoms with Crippen molar-refractivity contribution < 1.29 is 39.0 Å². The molecule has 43 heavy (non-hydrogen) atoms. The van der Waals surface area contributed by atoms with Crippen LogP contribution in [0.15, 0.2) is 48.5 Å². The number of nitrogens with zero attached hydrogens (tertiary/aromatic N) is 1. The summed E-state index contributed by atoms with van der Waals surface area (Å²) < 4.78 is 0. The monoisotopic (exact) mass is 607 g/mol. The second kappa shape index (κ2) is 15.7. The lowest BCUT2D eigenvalue weighted by Gasteiger charge is -2.26. The van der Waals surface area contributed by atoms with Gasteiger partial charge in [-0.25, -0.2) is 4.79 Å². The fraction of sp³-hybridized carbons (Fsp3) is 0.355. The minimum atomic E-state index is -1.36. The van der Waals surface area contributed by atoms with Crippen LogP contribution in [0.3, 0.4) is 0 Å². The Morgan fingerprint density at radius 1 is 0.907 bits per heavy atom. The Morgan fingerprint density at radius 3 is 2.23 bits per heavy atom. The fourth-order valence-corrected chi connectivity index (χ4v) is 4.78. The Hall–Kier alpha value is -4.47. The molecule has 226 valence electrons. The number of hydrogen-bond donors (Lipinski definition) is 5. The third-order valence-corrected chi connectivity index (χ3v) is 7.34. The van der Waals surface area contributed by atoms with Crippen molar-refractivity contribution in [3.63, 3.8) is 0 Å². The number of carbonyl (C=O) groups excluding carboxylic acids is 4. The van der Waals surface area contributed by atoms with E-state index in [0.29, 0.717) is 17.8 Å². The highest BCUT2D eigenvalue weighted by atomic mass is 32.1. The highest BCUT2D eigenvalue weighted by Gasteiger charge is 2.30. The smallest absolute Gasteiger partial charge is 0.327 e. The van der Waals surface area contributed by atoms with Crippen molar-refractivity contribution >= 4 is 53.6 Å². The number of nitrogens with one attached hydrogen (secondary N) is 1. The number of benzene rings is 2. The van der Waals surface area contributed by atoms with Crippen LogP contribution in [0.2, 0.25) is 0 Å². The van der Waals surface area contributed by atoms with Crippen molar-refractivity contribution in [3.8, 4) is 11.8 Å². The number of carboxylic acids is 2.